The lowest BCUT2D eigenvalue weighted by atomic mass is 9.88. The van der Waals surface area contributed by atoms with Crippen LogP contribution in [-0.4, -0.2) is 36.4 Å². The smallest absolute Gasteiger partial charge is 0.335 e. The Morgan fingerprint density at radius 3 is 2.29 bits per heavy atom. The Labute approximate surface area is 125 Å². The quantitative estimate of drug-likeness (QED) is 0.930. The van der Waals surface area contributed by atoms with E-state index in [4.69, 9.17) is 5.11 Å². The Morgan fingerprint density at radius 2 is 1.76 bits per heavy atom. The van der Waals surface area contributed by atoms with Crippen molar-refractivity contribution in [3.8, 4) is 0 Å². The van der Waals surface area contributed by atoms with Gasteiger partial charge in [0.15, 0.2) is 0 Å². The summed E-state index contributed by atoms with van der Waals surface area (Å²) in [7, 11) is -3.58. The van der Waals surface area contributed by atoms with E-state index in [2.05, 4.69) is 13.8 Å². The van der Waals surface area contributed by atoms with Gasteiger partial charge in [0, 0.05) is 12.6 Å². The third kappa shape index (κ3) is 3.11. The van der Waals surface area contributed by atoms with E-state index in [1.807, 2.05) is 6.92 Å². The molecule has 0 aromatic heterocycles. The van der Waals surface area contributed by atoms with Crippen LogP contribution in [0, 0.1) is 11.8 Å². The highest BCUT2D eigenvalue weighted by Crippen LogP contribution is 2.31. The number of rotatable bonds is 3. The molecule has 0 bridgehead atoms. The van der Waals surface area contributed by atoms with Crippen molar-refractivity contribution >= 4 is 16.0 Å². The minimum atomic E-state index is -3.58. The van der Waals surface area contributed by atoms with Crippen molar-refractivity contribution in [3.05, 3.63) is 29.8 Å². The van der Waals surface area contributed by atoms with Crippen molar-refractivity contribution in [2.24, 2.45) is 11.8 Å². The number of carboxylic acids is 1. The molecule has 1 aliphatic heterocycles. The minimum absolute atomic E-state index is 0.0506. The van der Waals surface area contributed by atoms with Gasteiger partial charge in [-0.05, 0) is 49.4 Å². The highest BCUT2D eigenvalue weighted by Gasteiger charge is 2.37. The topological polar surface area (TPSA) is 74.7 Å². The molecular weight excluding hydrogens is 290 g/mol. The van der Waals surface area contributed by atoms with Gasteiger partial charge in [-0.1, -0.05) is 13.8 Å². The maximum absolute atomic E-state index is 12.7. The fraction of sp³-hybridized carbons (Fsp3) is 0.533. The number of hydrogen-bond donors (Lipinski definition) is 1. The summed E-state index contributed by atoms with van der Waals surface area (Å²) in [5.74, 6) is -0.432. The van der Waals surface area contributed by atoms with Crippen LogP contribution >= 0.6 is 0 Å². The first-order valence-electron chi connectivity index (χ1n) is 7.08. The molecular formula is C15H21NO4S. The molecule has 116 valence electrons. The molecule has 1 aromatic carbocycles. The first-order valence-corrected chi connectivity index (χ1v) is 8.52. The highest BCUT2D eigenvalue weighted by molar-refractivity contribution is 7.89. The molecule has 0 saturated carbocycles. The Morgan fingerprint density at radius 1 is 1.19 bits per heavy atom. The number of sulfonamides is 1. The van der Waals surface area contributed by atoms with Gasteiger partial charge in [0.1, 0.15) is 0 Å². The first-order chi connectivity index (χ1) is 9.73. The van der Waals surface area contributed by atoms with Gasteiger partial charge in [0.05, 0.1) is 10.5 Å². The van der Waals surface area contributed by atoms with E-state index in [0.29, 0.717) is 18.4 Å². The van der Waals surface area contributed by atoms with Crippen LogP contribution in [0.1, 0.15) is 37.6 Å². The number of aromatic carboxylic acids is 1. The molecule has 1 fully saturated rings. The Balaban J connectivity index is 2.34. The molecule has 1 heterocycles. The molecule has 5 nitrogen and oxygen atoms in total. The summed E-state index contributed by atoms with van der Waals surface area (Å²) >= 11 is 0. The summed E-state index contributed by atoms with van der Waals surface area (Å²) in [5.41, 5.74) is 0.0855. The Hall–Kier alpha value is -1.40. The van der Waals surface area contributed by atoms with Crippen molar-refractivity contribution in [3.63, 3.8) is 0 Å². The lowest BCUT2D eigenvalue weighted by molar-refractivity contribution is 0.0696. The number of carboxylic acid groups (broad SMARTS) is 1. The highest BCUT2D eigenvalue weighted by atomic mass is 32.2. The summed E-state index contributed by atoms with van der Waals surface area (Å²) in [5, 5.41) is 8.88. The van der Waals surface area contributed by atoms with E-state index in [9.17, 15) is 13.2 Å². The molecule has 0 amide bonds. The van der Waals surface area contributed by atoms with Crippen molar-refractivity contribution in [1.29, 1.82) is 0 Å². The first kappa shape index (κ1) is 16.0. The van der Waals surface area contributed by atoms with Gasteiger partial charge in [-0.25, -0.2) is 13.2 Å². The number of nitrogens with zero attached hydrogens (tertiary/aromatic N) is 1. The molecule has 1 N–H and O–H groups in total. The maximum Gasteiger partial charge on any atom is 0.335 e. The summed E-state index contributed by atoms with van der Waals surface area (Å²) < 4.78 is 27.0. The van der Waals surface area contributed by atoms with Gasteiger partial charge in [0.2, 0.25) is 10.0 Å². The van der Waals surface area contributed by atoms with E-state index < -0.39 is 16.0 Å². The normalized spacial score (nSPS) is 27.5. The van der Waals surface area contributed by atoms with Crippen LogP contribution in [-0.2, 0) is 10.0 Å². The number of carbonyl (C=O) groups is 1. The van der Waals surface area contributed by atoms with E-state index in [1.54, 1.807) is 4.31 Å². The van der Waals surface area contributed by atoms with E-state index in [-0.39, 0.29) is 16.5 Å². The van der Waals surface area contributed by atoms with Gasteiger partial charge in [-0.3, -0.25) is 0 Å². The Kier molecular flexibility index (Phi) is 4.39. The number of hydrogen-bond acceptors (Lipinski definition) is 3. The van der Waals surface area contributed by atoms with Crippen molar-refractivity contribution < 1.29 is 18.3 Å². The van der Waals surface area contributed by atoms with Crippen molar-refractivity contribution in [1.82, 2.24) is 4.31 Å². The lowest BCUT2D eigenvalue weighted by Crippen LogP contribution is -2.48. The van der Waals surface area contributed by atoms with Crippen LogP contribution in [0.3, 0.4) is 0 Å². The molecule has 0 spiro atoms. The van der Waals surface area contributed by atoms with Gasteiger partial charge in [-0.15, -0.1) is 0 Å². The number of piperidine rings is 1. The second-order valence-corrected chi connectivity index (χ2v) is 7.85. The predicted octanol–water partition coefficient (Wildman–Crippen LogP) is 2.44. The molecule has 3 unspecified atom stereocenters. The average molecular weight is 311 g/mol. The van der Waals surface area contributed by atoms with Gasteiger partial charge in [0.25, 0.3) is 0 Å². The fourth-order valence-corrected chi connectivity index (χ4v) is 4.73. The van der Waals surface area contributed by atoms with Crippen LogP contribution in [0.5, 0.6) is 0 Å². The van der Waals surface area contributed by atoms with Gasteiger partial charge in [-0.2, -0.15) is 4.31 Å². The molecule has 0 radical (unpaired) electrons. The zero-order chi connectivity index (χ0) is 15.8. The van der Waals surface area contributed by atoms with E-state index in [1.165, 1.54) is 24.3 Å². The average Bonchev–Trinajstić information content (AvgIpc) is 2.42. The van der Waals surface area contributed by atoms with Crippen LogP contribution < -0.4 is 0 Å². The molecule has 2 rings (SSSR count). The molecule has 21 heavy (non-hydrogen) atoms. The molecule has 1 aromatic rings. The summed E-state index contributed by atoms with van der Waals surface area (Å²) in [6, 6.07) is 5.35. The van der Waals surface area contributed by atoms with Crippen LogP contribution in [0.15, 0.2) is 29.2 Å². The SMILES string of the molecule is CC1CC(C)C(C)N(S(=O)(=O)c2ccc(C(=O)O)cc2)C1. The molecule has 1 saturated heterocycles. The zero-order valence-electron chi connectivity index (χ0n) is 12.5. The molecule has 3 atom stereocenters. The van der Waals surface area contributed by atoms with Crippen LogP contribution in [0.4, 0.5) is 0 Å². The fourth-order valence-electron chi connectivity index (χ4n) is 2.89. The van der Waals surface area contributed by atoms with E-state index in [0.717, 1.165) is 6.42 Å². The standard InChI is InChI=1S/C15H21NO4S/c1-10-8-11(2)12(3)16(9-10)21(19,20)14-6-4-13(5-7-14)15(17)18/h4-7,10-12H,8-9H2,1-3H3,(H,17,18). The monoisotopic (exact) mass is 311 g/mol. The second-order valence-electron chi connectivity index (χ2n) is 5.96. The van der Waals surface area contributed by atoms with Gasteiger partial charge >= 0.3 is 5.97 Å². The van der Waals surface area contributed by atoms with E-state index >= 15 is 0 Å². The second kappa shape index (κ2) is 5.77. The molecule has 1 aliphatic rings. The number of benzene rings is 1. The molecule has 6 heteroatoms. The molecule has 0 aliphatic carbocycles. The minimum Gasteiger partial charge on any atom is -0.478 e. The van der Waals surface area contributed by atoms with Crippen LogP contribution in [0.25, 0.3) is 0 Å². The summed E-state index contributed by atoms with van der Waals surface area (Å²) in [6.45, 7) is 6.56. The van der Waals surface area contributed by atoms with Gasteiger partial charge < -0.3 is 5.11 Å². The maximum atomic E-state index is 12.7. The van der Waals surface area contributed by atoms with Crippen LogP contribution in [0.2, 0.25) is 0 Å². The summed E-state index contributed by atoms with van der Waals surface area (Å²) in [4.78, 5) is 11.0. The third-order valence-corrected chi connectivity index (χ3v) is 6.22. The van der Waals surface area contributed by atoms with Crippen molar-refractivity contribution in [2.45, 2.75) is 38.1 Å². The zero-order valence-corrected chi connectivity index (χ0v) is 13.3. The van der Waals surface area contributed by atoms with Crippen molar-refractivity contribution in [2.75, 3.05) is 6.54 Å². The predicted molar refractivity (Wildman–Crippen MR) is 79.7 cm³/mol. The summed E-state index contributed by atoms with van der Waals surface area (Å²) in [6.07, 6.45) is 1.02. The largest absolute Gasteiger partial charge is 0.478 e. The lowest BCUT2D eigenvalue weighted by Gasteiger charge is -2.40. The third-order valence-electron chi connectivity index (χ3n) is 4.25. The Bertz CT molecular complexity index is 624.